The van der Waals surface area contributed by atoms with E-state index in [2.05, 4.69) is 0 Å². The summed E-state index contributed by atoms with van der Waals surface area (Å²) in [5.41, 5.74) is 2.92. The molecule has 0 N–H and O–H groups in total. The molecular formula is C17H13ClFNS. The zero-order valence-electron chi connectivity index (χ0n) is 11.2. The van der Waals surface area contributed by atoms with Crippen molar-refractivity contribution in [3.05, 3.63) is 65.3 Å². The van der Waals surface area contributed by atoms with Crippen LogP contribution < -0.4 is 0 Å². The van der Waals surface area contributed by atoms with E-state index in [0.717, 1.165) is 33.1 Å². The van der Waals surface area contributed by atoms with Gasteiger partial charge in [0.25, 0.3) is 0 Å². The van der Waals surface area contributed by atoms with E-state index in [-0.39, 0.29) is 5.82 Å². The lowest BCUT2D eigenvalue weighted by atomic mass is 10.1. The molecule has 21 heavy (non-hydrogen) atoms. The monoisotopic (exact) mass is 317 g/mol. The molecule has 1 nitrogen and oxygen atoms in total. The molecule has 106 valence electrons. The largest absolute Gasteiger partial charge is 0.236 e. The predicted octanol–water partition coefficient (Wildman–Crippen LogP) is 5.40. The van der Waals surface area contributed by atoms with Crippen LogP contribution in [0.25, 0.3) is 21.8 Å². The van der Waals surface area contributed by atoms with Gasteiger partial charge >= 0.3 is 0 Å². The molecule has 0 unspecified atom stereocenters. The number of halogens is 2. The van der Waals surface area contributed by atoms with Gasteiger partial charge in [-0.2, -0.15) is 0 Å². The number of thiazole rings is 1. The van der Waals surface area contributed by atoms with E-state index >= 15 is 0 Å². The zero-order valence-corrected chi connectivity index (χ0v) is 12.8. The van der Waals surface area contributed by atoms with E-state index in [1.807, 2.05) is 30.3 Å². The minimum Gasteiger partial charge on any atom is -0.236 e. The first kappa shape index (κ1) is 14.2. The number of aromatic nitrogens is 1. The van der Waals surface area contributed by atoms with Crippen LogP contribution in [0.4, 0.5) is 4.39 Å². The fraction of sp³-hybridized carbons (Fsp3) is 0.118. The minimum absolute atomic E-state index is 0.240. The van der Waals surface area contributed by atoms with Crippen molar-refractivity contribution in [2.45, 2.75) is 6.42 Å². The third-order valence-electron chi connectivity index (χ3n) is 3.16. The Morgan fingerprint density at radius 2 is 1.67 bits per heavy atom. The van der Waals surface area contributed by atoms with Crippen LogP contribution >= 0.6 is 22.9 Å². The Balaban J connectivity index is 2.06. The number of benzene rings is 2. The van der Waals surface area contributed by atoms with Crippen molar-refractivity contribution in [1.82, 2.24) is 4.98 Å². The first-order chi connectivity index (χ1) is 10.3. The molecule has 0 fully saturated rings. The Labute approximate surface area is 132 Å². The summed E-state index contributed by atoms with van der Waals surface area (Å²) in [5.74, 6) is 0.307. The summed E-state index contributed by atoms with van der Waals surface area (Å²) in [6, 6.07) is 16.5. The van der Waals surface area contributed by atoms with E-state index in [1.54, 1.807) is 23.5 Å². The minimum atomic E-state index is -0.240. The SMILES string of the molecule is Fc1ccc(-c2nc(-c3ccccc3)sc2CCCl)cc1. The molecular weight excluding hydrogens is 305 g/mol. The number of aryl methyl sites for hydroxylation is 1. The molecule has 4 heteroatoms. The Morgan fingerprint density at radius 3 is 2.33 bits per heavy atom. The third-order valence-corrected chi connectivity index (χ3v) is 4.51. The number of nitrogens with zero attached hydrogens (tertiary/aromatic N) is 1. The van der Waals surface area contributed by atoms with Crippen LogP contribution in [0, 0.1) is 5.82 Å². The van der Waals surface area contributed by atoms with Gasteiger partial charge < -0.3 is 0 Å². The van der Waals surface area contributed by atoms with E-state index < -0.39 is 0 Å². The highest BCUT2D eigenvalue weighted by Crippen LogP contribution is 2.34. The Kier molecular flexibility index (Phi) is 4.32. The molecule has 1 aromatic heterocycles. The highest BCUT2D eigenvalue weighted by Gasteiger charge is 2.14. The molecule has 0 saturated heterocycles. The number of alkyl halides is 1. The van der Waals surface area contributed by atoms with Crippen LogP contribution in [0.5, 0.6) is 0 Å². The molecule has 1 heterocycles. The smallest absolute Gasteiger partial charge is 0.124 e. The van der Waals surface area contributed by atoms with Gasteiger partial charge in [0.2, 0.25) is 0 Å². The Bertz CT molecular complexity index is 722. The second-order valence-electron chi connectivity index (χ2n) is 4.60. The first-order valence-electron chi connectivity index (χ1n) is 6.65. The average molecular weight is 318 g/mol. The second kappa shape index (κ2) is 6.37. The molecule has 0 bridgehead atoms. The molecule has 3 rings (SSSR count). The zero-order chi connectivity index (χ0) is 14.7. The van der Waals surface area contributed by atoms with Crippen LogP contribution in [0.1, 0.15) is 4.88 Å². The van der Waals surface area contributed by atoms with Gasteiger partial charge in [0.05, 0.1) is 5.69 Å². The number of rotatable bonds is 4. The molecule has 3 aromatic rings. The average Bonchev–Trinajstić information content (AvgIpc) is 2.93. The summed E-state index contributed by atoms with van der Waals surface area (Å²) in [6.07, 6.45) is 0.763. The van der Waals surface area contributed by atoms with Gasteiger partial charge in [0.1, 0.15) is 10.8 Å². The molecule has 0 atom stereocenters. The molecule has 0 saturated carbocycles. The van der Waals surface area contributed by atoms with Crippen LogP contribution in [0.15, 0.2) is 54.6 Å². The lowest BCUT2D eigenvalue weighted by Gasteiger charge is -2.00. The van der Waals surface area contributed by atoms with Gasteiger partial charge in [-0.25, -0.2) is 9.37 Å². The molecule has 0 aliphatic heterocycles. The number of hydrogen-bond donors (Lipinski definition) is 0. The highest BCUT2D eigenvalue weighted by molar-refractivity contribution is 7.15. The van der Waals surface area contributed by atoms with Crippen LogP contribution in [0.2, 0.25) is 0 Å². The van der Waals surface area contributed by atoms with E-state index in [4.69, 9.17) is 16.6 Å². The van der Waals surface area contributed by atoms with Crippen LogP contribution in [0.3, 0.4) is 0 Å². The molecule has 2 aromatic carbocycles. The Morgan fingerprint density at radius 1 is 0.952 bits per heavy atom. The topological polar surface area (TPSA) is 12.9 Å². The molecule has 0 spiro atoms. The molecule has 0 aliphatic carbocycles. The summed E-state index contributed by atoms with van der Waals surface area (Å²) in [7, 11) is 0. The van der Waals surface area contributed by atoms with E-state index in [0.29, 0.717) is 5.88 Å². The maximum Gasteiger partial charge on any atom is 0.124 e. The fourth-order valence-corrected chi connectivity index (χ4v) is 3.53. The van der Waals surface area contributed by atoms with E-state index in [1.165, 1.54) is 12.1 Å². The summed E-state index contributed by atoms with van der Waals surface area (Å²) < 4.78 is 13.1. The molecule has 0 aliphatic rings. The van der Waals surface area contributed by atoms with Crippen LogP contribution in [-0.4, -0.2) is 10.9 Å². The van der Waals surface area contributed by atoms with Crippen molar-refractivity contribution in [2.24, 2.45) is 0 Å². The lowest BCUT2D eigenvalue weighted by molar-refractivity contribution is 0.628. The standard InChI is InChI=1S/C17H13ClFNS/c18-11-10-15-16(12-6-8-14(19)9-7-12)20-17(21-15)13-4-2-1-3-5-13/h1-9H,10-11H2. The normalized spacial score (nSPS) is 10.8. The van der Waals surface area contributed by atoms with Crippen molar-refractivity contribution in [1.29, 1.82) is 0 Å². The summed E-state index contributed by atoms with van der Waals surface area (Å²) in [4.78, 5) is 5.87. The van der Waals surface area contributed by atoms with Gasteiger partial charge in [-0.3, -0.25) is 0 Å². The van der Waals surface area contributed by atoms with Gasteiger partial charge in [0.15, 0.2) is 0 Å². The van der Waals surface area contributed by atoms with Crippen LogP contribution in [-0.2, 0) is 6.42 Å². The first-order valence-corrected chi connectivity index (χ1v) is 8.00. The third kappa shape index (κ3) is 3.14. The van der Waals surface area contributed by atoms with Crippen molar-refractivity contribution >= 4 is 22.9 Å². The fourth-order valence-electron chi connectivity index (χ4n) is 2.14. The van der Waals surface area contributed by atoms with Gasteiger partial charge in [-0.15, -0.1) is 22.9 Å². The maximum atomic E-state index is 13.1. The maximum absolute atomic E-state index is 13.1. The van der Waals surface area contributed by atoms with Gasteiger partial charge in [0, 0.05) is 21.9 Å². The number of hydrogen-bond acceptors (Lipinski definition) is 2. The van der Waals surface area contributed by atoms with Crippen molar-refractivity contribution < 1.29 is 4.39 Å². The summed E-state index contributed by atoms with van der Waals surface area (Å²) in [5, 5.41) is 0.968. The van der Waals surface area contributed by atoms with Gasteiger partial charge in [-0.05, 0) is 30.7 Å². The van der Waals surface area contributed by atoms with E-state index in [9.17, 15) is 4.39 Å². The predicted molar refractivity (Wildman–Crippen MR) is 87.4 cm³/mol. The Hall–Kier alpha value is -1.71. The van der Waals surface area contributed by atoms with Crippen molar-refractivity contribution in [3.8, 4) is 21.8 Å². The summed E-state index contributed by atoms with van der Waals surface area (Å²) in [6.45, 7) is 0. The van der Waals surface area contributed by atoms with Crippen molar-refractivity contribution in [3.63, 3.8) is 0 Å². The lowest BCUT2D eigenvalue weighted by Crippen LogP contribution is -1.87. The highest BCUT2D eigenvalue weighted by atomic mass is 35.5. The van der Waals surface area contributed by atoms with Crippen molar-refractivity contribution in [2.75, 3.05) is 5.88 Å². The molecule has 0 radical (unpaired) electrons. The summed E-state index contributed by atoms with van der Waals surface area (Å²) >= 11 is 7.54. The van der Waals surface area contributed by atoms with Gasteiger partial charge in [-0.1, -0.05) is 30.3 Å². The quantitative estimate of drug-likeness (QED) is 0.587. The molecule has 0 amide bonds. The second-order valence-corrected chi connectivity index (χ2v) is 6.06.